The normalized spacial score (nSPS) is 19.6. The number of nitrogen functional groups attached to an aromatic ring is 1. The van der Waals surface area contributed by atoms with Crippen molar-refractivity contribution in [2.75, 3.05) is 52.7 Å². The van der Waals surface area contributed by atoms with Crippen LogP contribution in [-0.4, -0.2) is 132 Å². The van der Waals surface area contributed by atoms with Crippen LogP contribution in [0.3, 0.4) is 0 Å². The average molecular weight is 722 g/mol. The molecule has 4 unspecified atom stereocenters. The van der Waals surface area contributed by atoms with E-state index in [2.05, 4.69) is 43.6 Å². The second kappa shape index (κ2) is 16.7. The third-order valence-electron chi connectivity index (χ3n) is 8.81. The van der Waals surface area contributed by atoms with Gasteiger partial charge in [-0.25, -0.2) is 0 Å². The van der Waals surface area contributed by atoms with Crippen molar-refractivity contribution in [1.29, 1.82) is 0 Å². The van der Waals surface area contributed by atoms with Crippen LogP contribution < -0.4 is 38.1 Å². The first-order valence-corrected chi connectivity index (χ1v) is 16.9. The van der Waals surface area contributed by atoms with Gasteiger partial charge >= 0.3 is 267 Å². The van der Waals surface area contributed by atoms with Crippen LogP contribution >= 0.6 is 0 Å². The maximum atomic E-state index is 13.7. The number of primary amides is 1. The molecule has 49 heavy (non-hydrogen) atoms. The Labute approximate surface area is 296 Å². The van der Waals surface area contributed by atoms with Crippen molar-refractivity contribution in [2.24, 2.45) is 11.1 Å². The summed E-state index contributed by atoms with van der Waals surface area (Å²) in [6, 6.07) is 1.98. The zero-order valence-corrected chi connectivity index (χ0v) is 30.7. The van der Waals surface area contributed by atoms with E-state index in [0.29, 0.717) is 34.3 Å². The third-order valence-corrected chi connectivity index (χ3v) is 9.42. The van der Waals surface area contributed by atoms with Gasteiger partial charge in [0.15, 0.2) is 0 Å². The number of nitrogens with two attached hydrogens (primary N) is 2. The molecule has 2 fully saturated rings. The zero-order valence-electron chi connectivity index (χ0n) is 29.3. The molecule has 0 aromatic heterocycles. The van der Waals surface area contributed by atoms with E-state index in [1.165, 1.54) is 4.90 Å². The number of amides is 6. The van der Waals surface area contributed by atoms with Gasteiger partial charge in [0.2, 0.25) is 0 Å². The minimum absolute atomic E-state index is 0.0532. The van der Waals surface area contributed by atoms with Crippen molar-refractivity contribution in [3.8, 4) is 0 Å². The van der Waals surface area contributed by atoms with Crippen molar-refractivity contribution >= 4 is 45.5 Å². The van der Waals surface area contributed by atoms with E-state index >= 15 is 0 Å². The fourth-order valence-corrected chi connectivity index (χ4v) is 6.06. The molecule has 0 aliphatic carbocycles. The molecule has 17 heteroatoms. The van der Waals surface area contributed by atoms with E-state index in [-0.39, 0.29) is 55.8 Å². The summed E-state index contributed by atoms with van der Waals surface area (Å²) < 4.78 is 0.602. The number of carbonyl (C=O) groups excluding carboxylic acids is 6. The van der Waals surface area contributed by atoms with Crippen molar-refractivity contribution in [3.05, 3.63) is 29.3 Å². The summed E-state index contributed by atoms with van der Waals surface area (Å²) in [7, 11) is 3.30. The van der Waals surface area contributed by atoms with E-state index in [9.17, 15) is 28.8 Å². The Hall–Kier alpha value is -3.83. The second-order valence-corrected chi connectivity index (χ2v) is 14.3. The summed E-state index contributed by atoms with van der Waals surface area (Å²) in [6.07, 6.45) is 0.249. The molecule has 0 saturated carbocycles. The van der Waals surface area contributed by atoms with Gasteiger partial charge in [0.1, 0.15) is 0 Å². The van der Waals surface area contributed by atoms with Crippen LogP contribution in [0, 0.1) is 5.41 Å². The molecule has 0 radical (unpaired) electrons. The van der Waals surface area contributed by atoms with Gasteiger partial charge in [0.25, 0.3) is 0 Å². The number of hydrogen-bond acceptors (Lipinski definition) is 10. The van der Waals surface area contributed by atoms with E-state index < -0.39 is 41.4 Å². The predicted octanol–water partition coefficient (Wildman–Crippen LogP) is -2.56. The summed E-state index contributed by atoms with van der Waals surface area (Å²) in [4.78, 5) is 81.6. The topological polar surface area (TPSA) is 224 Å². The monoisotopic (exact) mass is 721 g/mol. The zero-order chi connectivity index (χ0) is 36.8. The molecule has 5 atom stereocenters. The quantitative estimate of drug-likeness (QED) is 0.106. The van der Waals surface area contributed by atoms with Crippen LogP contribution in [0.2, 0.25) is 0 Å². The first-order chi connectivity index (χ1) is 22.9. The van der Waals surface area contributed by atoms with Gasteiger partial charge in [-0.1, -0.05) is 0 Å². The van der Waals surface area contributed by atoms with Crippen LogP contribution in [0.4, 0.5) is 5.69 Å². The summed E-state index contributed by atoms with van der Waals surface area (Å²) in [6.45, 7) is 9.55. The van der Waals surface area contributed by atoms with Gasteiger partial charge < -0.3 is 5.32 Å². The molecule has 2 heterocycles. The Morgan fingerprint density at radius 2 is 1.53 bits per heavy atom. The molecule has 16 nitrogen and oxygen atoms in total. The van der Waals surface area contributed by atoms with Crippen molar-refractivity contribution in [3.63, 3.8) is 0 Å². The van der Waals surface area contributed by atoms with Gasteiger partial charge in [-0.3, -0.25) is 4.79 Å². The van der Waals surface area contributed by atoms with Crippen molar-refractivity contribution in [1.82, 2.24) is 41.3 Å². The molecule has 269 valence electrons. The van der Waals surface area contributed by atoms with E-state index in [1.807, 2.05) is 20.8 Å². The molecule has 6 amide bonds. The molecule has 0 bridgehead atoms. The predicted molar refractivity (Wildman–Crippen MR) is 180 cm³/mol. The molecule has 3 rings (SSSR count). The van der Waals surface area contributed by atoms with Gasteiger partial charge in [-0.05, 0) is 14.0 Å². The summed E-state index contributed by atoms with van der Waals surface area (Å²) >= 11 is 2.38. The van der Waals surface area contributed by atoms with E-state index in [0.717, 1.165) is 0 Å². The second-order valence-electron chi connectivity index (χ2n) is 13.6. The molecule has 2 saturated heterocycles. The van der Waals surface area contributed by atoms with Gasteiger partial charge in [-0.2, -0.15) is 0 Å². The Bertz CT molecular complexity index is 1470. The van der Waals surface area contributed by atoms with Crippen LogP contribution in [-0.2, 0) is 41.0 Å². The number of nitrogens with one attached hydrogen (secondary N) is 5. The van der Waals surface area contributed by atoms with E-state index in [4.69, 9.17) is 11.5 Å². The Morgan fingerprint density at radius 1 is 0.939 bits per heavy atom. The Kier molecular flexibility index (Phi) is 13.5. The molecule has 9 N–H and O–H groups in total. The van der Waals surface area contributed by atoms with E-state index in [1.54, 1.807) is 55.9 Å². The van der Waals surface area contributed by atoms with Crippen LogP contribution in [0.25, 0.3) is 0 Å². The summed E-state index contributed by atoms with van der Waals surface area (Å²) in [5, 5.41) is 14.4. The van der Waals surface area contributed by atoms with Crippen molar-refractivity contribution < 1.29 is 45.7 Å². The number of anilines is 1. The maximum absolute atomic E-state index is 13.7. The molecular formula is C32H50N10O6V. The molecule has 1 aromatic rings. The third kappa shape index (κ3) is 10.1. The molecule has 2 aliphatic heterocycles. The first-order valence-electron chi connectivity index (χ1n) is 16.2. The number of rotatable bonds is 13. The Morgan fingerprint density at radius 3 is 2.12 bits per heavy atom. The number of likely N-dealkylation sites (N-methyl/N-ethyl adjacent to an activating group) is 2. The molecule has 1 aromatic carbocycles. The summed E-state index contributed by atoms with van der Waals surface area (Å²) in [5.74, 6) is -2.32. The standard InChI is InChI=1S/C32H50N10O6.V/c1-18(35-6)28(45)38-15-25(43)42-16-23(13-24(42)27(34)44)37-14-20-10-21(12-22(33)11-20)30(47)40-8-9-41(17-40)31(48)26(32(3,4)5)39-29(46)19(2)36-7;/h10-12,18-19,23-24,26,35-37H,8-9,13,15-17,33H2,1-7H3,(H2,34,44)(H,38,45)(H,39,46);/t18?,19-,23?,24?,26?;/m0./s1. The first kappa shape index (κ1) is 39.6. The van der Waals surface area contributed by atoms with Crippen LogP contribution in [0.1, 0.15) is 57.0 Å². The molecular weight excluding hydrogens is 671 g/mol. The SMILES string of the molecule is CNC(C)C(=O)NCC(=O)N1CC(N[C](=[V])c2cc(N)cc(C(=O)N3CCN(C(=O)C(NC(=O)[C@H](C)NC)C(C)(C)C)C3)c2)CC1C(N)=O. The molecule has 2 aliphatic rings. The minimum atomic E-state index is -0.861. The Balaban J connectivity index is 1.68. The fourth-order valence-electron chi connectivity index (χ4n) is 5.57. The average Bonchev–Trinajstić information content (AvgIpc) is 3.72. The van der Waals surface area contributed by atoms with Gasteiger partial charge in [-0.15, -0.1) is 0 Å². The summed E-state index contributed by atoms with van der Waals surface area (Å²) in [5.41, 5.74) is 12.5. The number of likely N-dealkylation sites (tertiary alicyclic amines) is 1. The number of hydrogen-bond donors (Lipinski definition) is 7. The molecule has 0 spiro atoms. The van der Waals surface area contributed by atoms with Crippen molar-refractivity contribution in [2.45, 2.75) is 71.2 Å². The van der Waals surface area contributed by atoms with Gasteiger partial charge in [0.05, 0.1) is 6.04 Å². The fraction of sp³-hybridized carbons (Fsp3) is 0.594. The van der Waals surface area contributed by atoms with Crippen LogP contribution in [0.15, 0.2) is 18.2 Å². The van der Waals surface area contributed by atoms with Crippen LogP contribution in [0.5, 0.6) is 0 Å². The number of benzene rings is 1. The number of carbonyl (C=O) groups is 6. The number of nitrogens with zero attached hydrogens (tertiary/aromatic N) is 3. The van der Waals surface area contributed by atoms with Gasteiger partial charge in [0, 0.05) is 0 Å².